The third-order valence-electron chi connectivity index (χ3n) is 1.51. The minimum absolute atomic E-state index is 0.0646. The molecule has 0 saturated heterocycles. The van der Waals surface area contributed by atoms with E-state index in [-0.39, 0.29) is 26.8 Å². The first-order chi connectivity index (χ1) is 6.07. The second-order valence-corrected chi connectivity index (χ2v) is 3.57. The Morgan fingerprint density at radius 1 is 1.54 bits per heavy atom. The van der Waals surface area contributed by atoms with Crippen molar-refractivity contribution in [2.24, 2.45) is 0 Å². The SMILES string of the molecule is Oc1cnc(Br)c(C(F)F)c1CBr. The van der Waals surface area contributed by atoms with Crippen molar-refractivity contribution in [1.82, 2.24) is 4.98 Å². The zero-order valence-electron chi connectivity index (χ0n) is 6.27. The highest BCUT2D eigenvalue weighted by Gasteiger charge is 2.19. The number of hydrogen-bond acceptors (Lipinski definition) is 2. The third kappa shape index (κ3) is 2.17. The summed E-state index contributed by atoms with van der Waals surface area (Å²) < 4.78 is 25.0. The van der Waals surface area contributed by atoms with E-state index in [1.54, 1.807) is 0 Å². The Kier molecular flexibility index (Phi) is 3.61. The fraction of sp³-hybridized carbons (Fsp3) is 0.286. The van der Waals surface area contributed by atoms with Crippen LogP contribution in [0.5, 0.6) is 5.75 Å². The third-order valence-corrected chi connectivity index (χ3v) is 2.70. The minimum Gasteiger partial charge on any atom is -0.506 e. The molecular formula is C7H5Br2F2NO. The molecule has 0 aromatic carbocycles. The van der Waals surface area contributed by atoms with Gasteiger partial charge >= 0.3 is 0 Å². The van der Waals surface area contributed by atoms with Crippen molar-refractivity contribution in [3.8, 4) is 5.75 Å². The van der Waals surface area contributed by atoms with Gasteiger partial charge in [0, 0.05) is 10.9 Å². The second-order valence-electron chi connectivity index (χ2n) is 2.26. The van der Waals surface area contributed by atoms with Crippen LogP contribution in [-0.4, -0.2) is 10.1 Å². The Labute approximate surface area is 90.2 Å². The van der Waals surface area contributed by atoms with Gasteiger partial charge in [0.25, 0.3) is 6.43 Å². The Morgan fingerprint density at radius 2 is 2.15 bits per heavy atom. The summed E-state index contributed by atoms with van der Waals surface area (Å²) in [5, 5.41) is 9.38. The van der Waals surface area contributed by atoms with Gasteiger partial charge < -0.3 is 5.11 Å². The van der Waals surface area contributed by atoms with Crippen LogP contribution in [0, 0.1) is 0 Å². The molecule has 0 amide bonds. The van der Waals surface area contributed by atoms with Crippen LogP contribution in [0.2, 0.25) is 0 Å². The van der Waals surface area contributed by atoms with Crippen molar-refractivity contribution in [3.05, 3.63) is 21.9 Å². The largest absolute Gasteiger partial charge is 0.506 e. The van der Waals surface area contributed by atoms with E-state index in [2.05, 4.69) is 36.8 Å². The average Bonchev–Trinajstić information content (AvgIpc) is 2.07. The Morgan fingerprint density at radius 3 is 2.54 bits per heavy atom. The Hall–Kier alpha value is -0.230. The average molecular weight is 317 g/mol. The standard InChI is InChI=1S/C7H5Br2F2NO/c8-1-3-4(13)2-12-6(9)5(3)7(10)11/h2,7,13H,1H2. The number of alkyl halides is 3. The summed E-state index contributed by atoms with van der Waals surface area (Å²) in [6.45, 7) is 0. The van der Waals surface area contributed by atoms with Gasteiger partial charge in [-0.25, -0.2) is 13.8 Å². The summed E-state index contributed by atoms with van der Waals surface area (Å²) in [6.07, 6.45) is -1.52. The van der Waals surface area contributed by atoms with E-state index >= 15 is 0 Å². The van der Waals surface area contributed by atoms with Crippen LogP contribution in [0.3, 0.4) is 0 Å². The zero-order chi connectivity index (χ0) is 10.0. The fourth-order valence-corrected chi connectivity index (χ4v) is 1.99. The van der Waals surface area contributed by atoms with Gasteiger partial charge in [0.15, 0.2) is 0 Å². The van der Waals surface area contributed by atoms with Gasteiger partial charge in [0.05, 0.1) is 11.8 Å². The lowest BCUT2D eigenvalue weighted by Crippen LogP contribution is -1.96. The highest BCUT2D eigenvalue weighted by Crippen LogP contribution is 2.34. The lowest BCUT2D eigenvalue weighted by molar-refractivity contribution is 0.148. The van der Waals surface area contributed by atoms with E-state index in [9.17, 15) is 13.9 Å². The molecular weight excluding hydrogens is 312 g/mol. The fourth-order valence-electron chi connectivity index (χ4n) is 0.890. The molecule has 0 spiro atoms. The number of rotatable bonds is 2. The van der Waals surface area contributed by atoms with Crippen molar-refractivity contribution in [3.63, 3.8) is 0 Å². The molecule has 1 N–H and O–H groups in total. The summed E-state index contributed by atoms with van der Waals surface area (Å²) in [7, 11) is 0. The van der Waals surface area contributed by atoms with Gasteiger partial charge in [-0.05, 0) is 15.9 Å². The molecule has 72 valence electrons. The number of pyridine rings is 1. The highest BCUT2D eigenvalue weighted by molar-refractivity contribution is 9.10. The number of nitrogens with zero attached hydrogens (tertiary/aromatic N) is 1. The number of halogens is 4. The lowest BCUT2D eigenvalue weighted by atomic mass is 10.1. The molecule has 0 radical (unpaired) electrons. The highest BCUT2D eigenvalue weighted by atomic mass is 79.9. The van der Waals surface area contributed by atoms with Crippen LogP contribution in [0.1, 0.15) is 17.6 Å². The summed E-state index contributed by atoms with van der Waals surface area (Å²) in [6, 6.07) is 0. The van der Waals surface area contributed by atoms with Gasteiger partial charge in [-0.1, -0.05) is 15.9 Å². The molecule has 0 aliphatic heterocycles. The quantitative estimate of drug-likeness (QED) is 0.670. The Bertz CT molecular complexity index is 320. The smallest absolute Gasteiger partial charge is 0.266 e. The molecule has 0 saturated carbocycles. The van der Waals surface area contributed by atoms with Gasteiger partial charge in [-0.2, -0.15) is 0 Å². The molecule has 2 nitrogen and oxygen atoms in total. The van der Waals surface area contributed by atoms with Crippen LogP contribution < -0.4 is 0 Å². The van der Waals surface area contributed by atoms with Crippen LogP contribution in [-0.2, 0) is 5.33 Å². The van der Waals surface area contributed by atoms with Gasteiger partial charge in [0.2, 0.25) is 0 Å². The van der Waals surface area contributed by atoms with E-state index in [4.69, 9.17) is 0 Å². The first-order valence-corrected chi connectivity index (χ1v) is 5.19. The molecule has 0 unspecified atom stereocenters. The molecule has 1 aromatic rings. The van der Waals surface area contributed by atoms with E-state index < -0.39 is 6.43 Å². The van der Waals surface area contributed by atoms with Crippen molar-refractivity contribution < 1.29 is 13.9 Å². The summed E-state index contributed by atoms with van der Waals surface area (Å²) >= 11 is 5.92. The maximum absolute atomic E-state index is 12.5. The van der Waals surface area contributed by atoms with Crippen LogP contribution in [0.4, 0.5) is 8.78 Å². The number of hydrogen-bond donors (Lipinski definition) is 1. The lowest BCUT2D eigenvalue weighted by Gasteiger charge is -2.09. The molecule has 1 aromatic heterocycles. The van der Waals surface area contributed by atoms with E-state index in [0.29, 0.717) is 0 Å². The maximum Gasteiger partial charge on any atom is 0.266 e. The van der Waals surface area contributed by atoms with Crippen LogP contribution in [0.25, 0.3) is 0 Å². The first kappa shape index (κ1) is 10.8. The molecule has 13 heavy (non-hydrogen) atoms. The van der Waals surface area contributed by atoms with Crippen molar-refractivity contribution in [2.45, 2.75) is 11.8 Å². The Balaban J connectivity index is 3.35. The van der Waals surface area contributed by atoms with Crippen LogP contribution in [0.15, 0.2) is 10.8 Å². The molecule has 0 aliphatic rings. The van der Waals surface area contributed by atoms with Gasteiger partial charge in [-0.15, -0.1) is 0 Å². The van der Waals surface area contributed by atoms with Gasteiger partial charge in [-0.3, -0.25) is 0 Å². The predicted molar refractivity (Wildman–Crippen MR) is 51.2 cm³/mol. The summed E-state index contributed by atoms with van der Waals surface area (Å²) in [5.74, 6) is -0.227. The van der Waals surface area contributed by atoms with Crippen molar-refractivity contribution in [2.75, 3.05) is 0 Å². The van der Waals surface area contributed by atoms with Crippen molar-refractivity contribution in [1.29, 1.82) is 0 Å². The number of aromatic hydroxyl groups is 1. The molecule has 0 fully saturated rings. The predicted octanol–water partition coefficient (Wildman–Crippen LogP) is 3.38. The number of aromatic nitrogens is 1. The first-order valence-electron chi connectivity index (χ1n) is 3.28. The minimum atomic E-state index is -2.65. The summed E-state index contributed by atoms with van der Waals surface area (Å²) in [5.41, 5.74) is -0.103. The zero-order valence-corrected chi connectivity index (χ0v) is 9.44. The van der Waals surface area contributed by atoms with E-state index in [1.165, 1.54) is 0 Å². The van der Waals surface area contributed by atoms with Crippen molar-refractivity contribution >= 4 is 31.9 Å². The maximum atomic E-state index is 12.5. The second kappa shape index (κ2) is 4.32. The normalized spacial score (nSPS) is 10.8. The summed E-state index contributed by atoms with van der Waals surface area (Å²) in [4.78, 5) is 3.57. The van der Waals surface area contributed by atoms with E-state index in [0.717, 1.165) is 6.20 Å². The molecule has 1 heterocycles. The molecule has 6 heteroatoms. The topological polar surface area (TPSA) is 33.1 Å². The molecule has 0 atom stereocenters. The monoisotopic (exact) mass is 315 g/mol. The molecule has 0 bridgehead atoms. The van der Waals surface area contributed by atoms with Gasteiger partial charge in [0.1, 0.15) is 10.4 Å². The molecule has 0 aliphatic carbocycles. The van der Waals surface area contributed by atoms with E-state index in [1.807, 2.05) is 0 Å². The van der Waals surface area contributed by atoms with Crippen LogP contribution >= 0.6 is 31.9 Å². The molecule has 1 rings (SSSR count).